The topological polar surface area (TPSA) is 70.1 Å². The van der Waals surface area contributed by atoms with Crippen molar-refractivity contribution in [2.75, 3.05) is 30.3 Å². The number of nitrogens with one attached hydrogen (secondary N) is 2. The van der Waals surface area contributed by atoms with Crippen molar-refractivity contribution in [3.63, 3.8) is 0 Å². The van der Waals surface area contributed by atoms with Crippen molar-refractivity contribution < 1.29 is 5.11 Å². The van der Waals surface area contributed by atoms with Crippen molar-refractivity contribution in [2.24, 2.45) is 5.92 Å². The molecule has 1 rings (SSSR count). The average Bonchev–Trinajstić information content (AvgIpc) is 2.42. The van der Waals surface area contributed by atoms with Gasteiger partial charge >= 0.3 is 0 Å². The summed E-state index contributed by atoms with van der Waals surface area (Å²) in [7, 11) is 0. The molecule has 1 aromatic rings. The zero-order valence-electron chi connectivity index (χ0n) is 12.9. The Labute approximate surface area is 122 Å². The molecular formula is C15H28N4O. The third-order valence-electron chi connectivity index (χ3n) is 3.19. The highest BCUT2D eigenvalue weighted by atomic mass is 16.3. The molecule has 5 nitrogen and oxygen atoms in total. The van der Waals surface area contributed by atoms with Crippen LogP contribution in [0.3, 0.4) is 0 Å². The van der Waals surface area contributed by atoms with Crippen LogP contribution in [0.15, 0.2) is 6.07 Å². The van der Waals surface area contributed by atoms with E-state index in [1.54, 1.807) is 0 Å². The summed E-state index contributed by atoms with van der Waals surface area (Å²) < 4.78 is 0. The summed E-state index contributed by atoms with van der Waals surface area (Å²) in [5.41, 5.74) is 0.954. The van der Waals surface area contributed by atoms with E-state index in [0.29, 0.717) is 11.9 Å². The summed E-state index contributed by atoms with van der Waals surface area (Å²) in [6.07, 6.45) is 4.15. The quantitative estimate of drug-likeness (QED) is 0.615. The Hall–Kier alpha value is -1.36. The molecule has 0 fully saturated rings. The number of anilines is 2. The highest BCUT2D eigenvalue weighted by molar-refractivity contribution is 5.42. The van der Waals surface area contributed by atoms with Gasteiger partial charge < -0.3 is 15.7 Å². The molecule has 1 unspecified atom stereocenters. The first-order valence-electron chi connectivity index (χ1n) is 7.63. The van der Waals surface area contributed by atoms with E-state index in [1.807, 2.05) is 13.0 Å². The van der Waals surface area contributed by atoms with Gasteiger partial charge in [0.1, 0.15) is 5.82 Å². The minimum Gasteiger partial charge on any atom is -0.396 e. The molecule has 0 bridgehead atoms. The Balaban J connectivity index is 2.59. The molecule has 0 amide bonds. The van der Waals surface area contributed by atoms with E-state index in [-0.39, 0.29) is 6.61 Å². The predicted molar refractivity (Wildman–Crippen MR) is 84.1 cm³/mol. The average molecular weight is 280 g/mol. The van der Waals surface area contributed by atoms with E-state index in [9.17, 15) is 0 Å². The summed E-state index contributed by atoms with van der Waals surface area (Å²) in [6.45, 7) is 8.24. The zero-order chi connectivity index (χ0) is 14.8. The number of aliphatic hydroxyl groups excluding tert-OH is 1. The molecule has 0 aromatic carbocycles. The lowest BCUT2D eigenvalue weighted by Crippen LogP contribution is -2.17. The van der Waals surface area contributed by atoms with Gasteiger partial charge in [-0.3, -0.25) is 0 Å². The van der Waals surface area contributed by atoms with Gasteiger partial charge in [-0.2, -0.15) is 4.98 Å². The standard InChI is InChI=1S/C15H28N4O/c1-4-6-13(7-9-20)11-17-14-10-12(3)18-15(19-14)16-8-5-2/h10,13,20H,4-9,11H2,1-3H3,(H2,16,17,18,19). The molecule has 0 spiro atoms. The molecular weight excluding hydrogens is 252 g/mol. The van der Waals surface area contributed by atoms with E-state index in [1.165, 1.54) is 0 Å². The van der Waals surface area contributed by atoms with Crippen LogP contribution >= 0.6 is 0 Å². The molecule has 1 aromatic heterocycles. The Bertz CT molecular complexity index is 378. The van der Waals surface area contributed by atoms with Crippen LogP contribution < -0.4 is 10.6 Å². The smallest absolute Gasteiger partial charge is 0.224 e. The molecule has 20 heavy (non-hydrogen) atoms. The van der Waals surface area contributed by atoms with Gasteiger partial charge in [0.2, 0.25) is 5.95 Å². The van der Waals surface area contributed by atoms with E-state index in [2.05, 4.69) is 34.4 Å². The maximum absolute atomic E-state index is 9.08. The van der Waals surface area contributed by atoms with Crippen LogP contribution in [0.4, 0.5) is 11.8 Å². The molecule has 3 N–H and O–H groups in total. The maximum atomic E-state index is 9.08. The van der Waals surface area contributed by atoms with Gasteiger partial charge in [0.25, 0.3) is 0 Å². The first-order chi connectivity index (χ1) is 9.69. The summed E-state index contributed by atoms with van der Waals surface area (Å²) in [5, 5.41) is 15.7. The van der Waals surface area contributed by atoms with E-state index in [4.69, 9.17) is 5.11 Å². The van der Waals surface area contributed by atoms with Crippen LogP contribution in [-0.2, 0) is 0 Å². The molecule has 0 aliphatic heterocycles. The zero-order valence-corrected chi connectivity index (χ0v) is 12.9. The monoisotopic (exact) mass is 280 g/mol. The van der Waals surface area contributed by atoms with Gasteiger partial charge in [-0.25, -0.2) is 4.98 Å². The summed E-state index contributed by atoms with van der Waals surface area (Å²) in [4.78, 5) is 8.84. The fraction of sp³-hybridized carbons (Fsp3) is 0.733. The van der Waals surface area contributed by atoms with Crippen molar-refractivity contribution in [3.8, 4) is 0 Å². The third kappa shape index (κ3) is 6.19. The summed E-state index contributed by atoms with van der Waals surface area (Å²) >= 11 is 0. The van der Waals surface area contributed by atoms with Gasteiger partial charge in [0.15, 0.2) is 0 Å². The normalized spacial score (nSPS) is 12.2. The van der Waals surface area contributed by atoms with E-state index >= 15 is 0 Å². The van der Waals surface area contributed by atoms with Crippen molar-refractivity contribution in [2.45, 2.75) is 46.5 Å². The maximum Gasteiger partial charge on any atom is 0.224 e. The van der Waals surface area contributed by atoms with Crippen LogP contribution in [0, 0.1) is 12.8 Å². The van der Waals surface area contributed by atoms with Crippen molar-refractivity contribution >= 4 is 11.8 Å². The van der Waals surface area contributed by atoms with Crippen molar-refractivity contribution in [1.82, 2.24) is 9.97 Å². The molecule has 0 aliphatic carbocycles. The summed E-state index contributed by atoms with van der Waals surface area (Å²) in [6, 6.07) is 1.96. The number of rotatable bonds is 10. The van der Waals surface area contributed by atoms with Gasteiger partial charge in [0.05, 0.1) is 0 Å². The Kier molecular flexibility index (Phi) is 7.95. The van der Waals surface area contributed by atoms with Crippen molar-refractivity contribution in [3.05, 3.63) is 11.8 Å². The molecule has 0 radical (unpaired) electrons. The number of aliphatic hydroxyl groups is 1. The number of aryl methyl sites for hydroxylation is 1. The Morgan fingerprint density at radius 2 is 1.95 bits per heavy atom. The molecule has 1 heterocycles. The molecule has 0 saturated heterocycles. The first-order valence-corrected chi connectivity index (χ1v) is 7.63. The fourth-order valence-electron chi connectivity index (χ4n) is 2.16. The number of nitrogens with zero attached hydrogens (tertiary/aromatic N) is 2. The first kappa shape index (κ1) is 16.7. The number of hydrogen-bond donors (Lipinski definition) is 3. The predicted octanol–water partition coefficient (Wildman–Crippen LogP) is 2.82. The molecule has 1 atom stereocenters. The molecule has 5 heteroatoms. The van der Waals surface area contributed by atoms with Gasteiger partial charge in [-0.05, 0) is 32.1 Å². The minimum atomic E-state index is 0.248. The second-order valence-electron chi connectivity index (χ2n) is 5.19. The van der Waals surface area contributed by atoms with Crippen LogP contribution in [0.1, 0.15) is 45.2 Å². The van der Waals surface area contributed by atoms with Crippen LogP contribution in [-0.4, -0.2) is 34.8 Å². The Morgan fingerprint density at radius 1 is 1.15 bits per heavy atom. The largest absolute Gasteiger partial charge is 0.396 e. The highest BCUT2D eigenvalue weighted by Gasteiger charge is 2.08. The highest BCUT2D eigenvalue weighted by Crippen LogP contribution is 2.14. The second-order valence-corrected chi connectivity index (χ2v) is 5.19. The van der Waals surface area contributed by atoms with Gasteiger partial charge in [0, 0.05) is 31.5 Å². The van der Waals surface area contributed by atoms with Gasteiger partial charge in [-0.1, -0.05) is 20.3 Å². The third-order valence-corrected chi connectivity index (χ3v) is 3.19. The lowest BCUT2D eigenvalue weighted by atomic mass is 10.0. The Morgan fingerprint density at radius 3 is 2.60 bits per heavy atom. The number of aromatic nitrogens is 2. The van der Waals surface area contributed by atoms with Gasteiger partial charge in [-0.15, -0.1) is 0 Å². The SMILES string of the molecule is CCCNc1nc(C)cc(NCC(CCC)CCO)n1. The van der Waals surface area contributed by atoms with E-state index < -0.39 is 0 Å². The van der Waals surface area contributed by atoms with Crippen LogP contribution in [0.5, 0.6) is 0 Å². The molecule has 0 saturated carbocycles. The summed E-state index contributed by atoms with van der Waals surface area (Å²) in [5.74, 6) is 2.03. The number of hydrogen-bond acceptors (Lipinski definition) is 5. The second kappa shape index (κ2) is 9.53. The van der Waals surface area contributed by atoms with E-state index in [0.717, 1.165) is 50.3 Å². The molecule has 0 aliphatic rings. The lowest BCUT2D eigenvalue weighted by molar-refractivity contribution is 0.255. The van der Waals surface area contributed by atoms with Crippen LogP contribution in [0.25, 0.3) is 0 Å². The van der Waals surface area contributed by atoms with Crippen molar-refractivity contribution in [1.29, 1.82) is 0 Å². The minimum absolute atomic E-state index is 0.248. The molecule has 114 valence electrons. The lowest BCUT2D eigenvalue weighted by Gasteiger charge is -2.16. The fourth-order valence-corrected chi connectivity index (χ4v) is 2.16. The van der Waals surface area contributed by atoms with Crippen LogP contribution in [0.2, 0.25) is 0 Å².